The number of nitrogens with one attached hydrogen (secondary N) is 1. The zero-order valence-corrected chi connectivity index (χ0v) is 8.87. The molecular weight excluding hydrogens is 182 g/mol. The van der Waals surface area contributed by atoms with E-state index in [0.717, 1.165) is 16.1 Å². The molecule has 0 saturated heterocycles. The molecule has 0 aliphatic heterocycles. The lowest BCUT2D eigenvalue weighted by Crippen LogP contribution is -2.06. The highest BCUT2D eigenvalue weighted by Crippen LogP contribution is 2.22. The first-order valence-corrected chi connectivity index (χ1v) is 5.28. The first kappa shape index (κ1) is 10.1. The number of amides is 1. The highest BCUT2D eigenvalue weighted by molar-refractivity contribution is 7.98. The molecule has 0 saturated carbocycles. The average molecular weight is 195 g/mol. The van der Waals surface area contributed by atoms with Gasteiger partial charge in [-0.3, -0.25) is 4.79 Å². The van der Waals surface area contributed by atoms with Gasteiger partial charge in [0, 0.05) is 17.5 Å². The van der Waals surface area contributed by atoms with Crippen LogP contribution in [0.25, 0.3) is 0 Å². The fraction of sp³-hybridized carbons (Fsp3) is 0.300. The summed E-state index contributed by atoms with van der Waals surface area (Å²) in [6, 6.07) is 6.05. The summed E-state index contributed by atoms with van der Waals surface area (Å²) in [5.41, 5.74) is 1.99. The molecule has 1 aromatic carbocycles. The maximum atomic E-state index is 10.8. The number of aryl methyl sites for hydroxylation is 1. The number of thioether (sulfide) groups is 1. The van der Waals surface area contributed by atoms with Gasteiger partial charge in [0.25, 0.3) is 0 Å². The molecule has 1 amide bonds. The maximum absolute atomic E-state index is 10.8. The van der Waals surface area contributed by atoms with Crippen LogP contribution >= 0.6 is 11.8 Å². The van der Waals surface area contributed by atoms with Crippen molar-refractivity contribution in [1.82, 2.24) is 0 Å². The molecule has 1 rings (SSSR count). The first-order valence-electron chi connectivity index (χ1n) is 4.05. The molecule has 70 valence electrons. The van der Waals surface area contributed by atoms with Crippen LogP contribution in [-0.4, -0.2) is 12.2 Å². The Morgan fingerprint density at radius 1 is 1.46 bits per heavy atom. The zero-order valence-electron chi connectivity index (χ0n) is 8.05. The van der Waals surface area contributed by atoms with Gasteiger partial charge in [0.05, 0.1) is 0 Å². The van der Waals surface area contributed by atoms with E-state index < -0.39 is 0 Å². The van der Waals surface area contributed by atoms with Gasteiger partial charge in [-0.15, -0.1) is 11.8 Å². The molecule has 0 heterocycles. The van der Waals surface area contributed by atoms with Gasteiger partial charge in [-0.05, 0) is 30.9 Å². The highest BCUT2D eigenvalue weighted by atomic mass is 32.2. The van der Waals surface area contributed by atoms with Crippen molar-refractivity contribution in [2.75, 3.05) is 11.6 Å². The van der Waals surface area contributed by atoms with E-state index in [1.165, 1.54) is 6.92 Å². The van der Waals surface area contributed by atoms with E-state index in [9.17, 15) is 4.79 Å². The van der Waals surface area contributed by atoms with E-state index in [0.29, 0.717) is 0 Å². The Kier molecular flexibility index (Phi) is 3.37. The molecule has 0 radical (unpaired) electrons. The molecular formula is C10H13NOS. The van der Waals surface area contributed by atoms with Crippen LogP contribution in [0.15, 0.2) is 23.1 Å². The lowest BCUT2D eigenvalue weighted by Gasteiger charge is -2.07. The Morgan fingerprint density at radius 2 is 2.15 bits per heavy atom. The predicted octanol–water partition coefficient (Wildman–Crippen LogP) is 2.68. The molecule has 0 unspecified atom stereocenters. The number of carbonyl (C=O) groups excluding carboxylic acids is 1. The van der Waals surface area contributed by atoms with E-state index in [-0.39, 0.29) is 5.91 Å². The van der Waals surface area contributed by atoms with Crippen LogP contribution in [0.3, 0.4) is 0 Å². The molecule has 0 fully saturated rings. The molecule has 3 heteroatoms. The SMILES string of the molecule is CSc1ccc(C)c(NC(C)=O)c1. The minimum atomic E-state index is -0.0265. The number of rotatable bonds is 2. The van der Waals surface area contributed by atoms with Crippen LogP contribution in [0.5, 0.6) is 0 Å². The average Bonchev–Trinajstić information content (AvgIpc) is 2.08. The van der Waals surface area contributed by atoms with E-state index in [4.69, 9.17) is 0 Å². The normalized spacial score (nSPS) is 9.77. The van der Waals surface area contributed by atoms with Gasteiger partial charge in [0.15, 0.2) is 0 Å². The minimum absolute atomic E-state index is 0.0265. The van der Waals surface area contributed by atoms with Crippen LogP contribution in [-0.2, 0) is 4.79 Å². The van der Waals surface area contributed by atoms with Crippen molar-refractivity contribution in [3.63, 3.8) is 0 Å². The summed E-state index contributed by atoms with van der Waals surface area (Å²) in [6.45, 7) is 3.50. The maximum Gasteiger partial charge on any atom is 0.221 e. The summed E-state index contributed by atoms with van der Waals surface area (Å²) in [5, 5.41) is 2.80. The standard InChI is InChI=1S/C10H13NOS/c1-7-4-5-9(13-3)6-10(7)11-8(2)12/h4-6H,1-3H3,(H,11,12). The molecule has 0 aliphatic carbocycles. The smallest absolute Gasteiger partial charge is 0.221 e. The van der Waals surface area contributed by atoms with Crippen molar-refractivity contribution in [3.8, 4) is 0 Å². The van der Waals surface area contributed by atoms with Crippen molar-refractivity contribution in [2.24, 2.45) is 0 Å². The summed E-state index contributed by atoms with van der Waals surface area (Å²) >= 11 is 1.67. The summed E-state index contributed by atoms with van der Waals surface area (Å²) in [7, 11) is 0. The van der Waals surface area contributed by atoms with Gasteiger partial charge in [0.1, 0.15) is 0 Å². The van der Waals surface area contributed by atoms with Crippen molar-refractivity contribution in [3.05, 3.63) is 23.8 Å². The quantitative estimate of drug-likeness (QED) is 0.735. The molecule has 1 aromatic rings. The fourth-order valence-corrected chi connectivity index (χ4v) is 1.49. The van der Waals surface area contributed by atoms with Gasteiger partial charge in [-0.1, -0.05) is 6.07 Å². The van der Waals surface area contributed by atoms with E-state index in [1.54, 1.807) is 11.8 Å². The highest BCUT2D eigenvalue weighted by Gasteiger charge is 2.00. The van der Waals surface area contributed by atoms with E-state index >= 15 is 0 Å². The lowest BCUT2D eigenvalue weighted by molar-refractivity contribution is -0.114. The van der Waals surface area contributed by atoms with Gasteiger partial charge in [0.2, 0.25) is 5.91 Å². The van der Waals surface area contributed by atoms with Crippen molar-refractivity contribution < 1.29 is 4.79 Å². The molecule has 0 spiro atoms. The topological polar surface area (TPSA) is 29.1 Å². The van der Waals surface area contributed by atoms with Crippen LogP contribution < -0.4 is 5.32 Å². The van der Waals surface area contributed by atoms with Crippen molar-refractivity contribution >= 4 is 23.4 Å². The second kappa shape index (κ2) is 4.33. The van der Waals surface area contributed by atoms with Crippen LogP contribution in [0.2, 0.25) is 0 Å². The molecule has 0 bridgehead atoms. The summed E-state index contributed by atoms with van der Waals surface area (Å²) in [5.74, 6) is -0.0265. The Labute approximate surface area is 82.7 Å². The monoisotopic (exact) mass is 195 g/mol. The second-order valence-electron chi connectivity index (χ2n) is 2.86. The third-order valence-electron chi connectivity index (χ3n) is 1.76. The van der Waals surface area contributed by atoms with Gasteiger partial charge in [-0.25, -0.2) is 0 Å². The van der Waals surface area contributed by atoms with Gasteiger partial charge >= 0.3 is 0 Å². The van der Waals surface area contributed by atoms with E-state index in [1.807, 2.05) is 31.4 Å². The third-order valence-corrected chi connectivity index (χ3v) is 2.48. The number of hydrogen-bond acceptors (Lipinski definition) is 2. The Balaban J connectivity index is 2.96. The lowest BCUT2D eigenvalue weighted by atomic mass is 10.2. The fourth-order valence-electron chi connectivity index (χ4n) is 1.05. The number of benzene rings is 1. The van der Waals surface area contributed by atoms with E-state index in [2.05, 4.69) is 5.32 Å². The predicted molar refractivity (Wildman–Crippen MR) is 57.3 cm³/mol. The molecule has 0 aromatic heterocycles. The Bertz CT molecular complexity index is 323. The van der Waals surface area contributed by atoms with Crippen molar-refractivity contribution in [2.45, 2.75) is 18.7 Å². The molecule has 13 heavy (non-hydrogen) atoms. The Morgan fingerprint density at radius 3 is 2.69 bits per heavy atom. The summed E-state index contributed by atoms with van der Waals surface area (Å²) < 4.78 is 0. The van der Waals surface area contributed by atoms with Crippen LogP contribution in [0.4, 0.5) is 5.69 Å². The zero-order chi connectivity index (χ0) is 9.84. The van der Waals surface area contributed by atoms with Crippen LogP contribution in [0, 0.1) is 6.92 Å². The minimum Gasteiger partial charge on any atom is -0.326 e. The second-order valence-corrected chi connectivity index (χ2v) is 3.74. The molecule has 0 atom stereocenters. The van der Waals surface area contributed by atoms with Gasteiger partial charge < -0.3 is 5.32 Å². The third kappa shape index (κ3) is 2.77. The molecule has 2 nitrogen and oxygen atoms in total. The first-order chi connectivity index (χ1) is 6.13. The molecule has 1 N–H and O–H groups in total. The summed E-state index contributed by atoms with van der Waals surface area (Å²) in [4.78, 5) is 12.0. The van der Waals surface area contributed by atoms with Gasteiger partial charge in [-0.2, -0.15) is 0 Å². The van der Waals surface area contributed by atoms with Crippen LogP contribution in [0.1, 0.15) is 12.5 Å². The molecule has 0 aliphatic rings. The number of carbonyl (C=O) groups is 1. The van der Waals surface area contributed by atoms with Crippen molar-refractivity contribution in [1.29, 1.82) is 0 Å². The Hall–Kier alpha value is -0.960. The number of hydrogen-bond donors (Lipinski definition) is 1. The summed E-state index contributed by atoms with van der Waals surface area (Å²) in [6.07, 6.45) is 2.02. The largest absolute Gasteiger partial charge is 0.326 e. The number of anilines is 1.